The number of carbonyl (C=O) groups is 2. The van der Waals surface area contributed by atoms with Crippen LogP contribution in [0.5, 0.6) is 0 Å². The summed E-state index contributed by atoms with van der Waals surface area (Å²) in [5.74, 6) is -1.02. The van der Waals surface area contributed by atoms with Gasteiger partial charge in [0.25, 0.3) is 5.91 Å². The number of rotatable bonds is 7. The van der Waals surface area contributed by atoms with E-state index in [0.29, 0.717) is 10.6 Å². The van der Waals surface area contributed by atoms with Gasteiger partial charge in [-0.15, -0.1) is 0 Å². The molecule has 0 atom stereocenters. The Morgan fingerprint density at radius 1 is 1.12 bits per heavy atom. The normalized spacial score (nSPS) is 10.4. The summed E-state index contributed by atoms with van der Waals surface area (Å²) < 4.78 is 18.0. The van der Waals surface area contributed by atoms with E-state index in [1.807, 2.05) is 0 Å². The van der Waals surface area contributed by atoms with Gasteiger partial charge in [-0.25, -0.2) is 4.39 Å². The van der Waals surface area contributed by atoms with Gasteiger partial charge in [0.05, 0.1) is 23.6 Å². The van der Waals surface area contributed by atoms with Crippen LogP contribution in [-0.2, 0) is 16.1 Å². The largest absolute Gasteiger partial charge is 0.466 e. The Bertz CT molecular complexity index is 734. The molecule has 0 bridgehead atoms. The molecule has 0 spiro atoms. The average Bonchev–Trinajstić information content (AvgIpc) is 2.60. The van der Waals surface area contributed by atoms with Crippen molar-refractivity contribution in [2.24, 2.45) is 0 Å². The lowest BCUT2D eigenvalue weighted by Gasteiger charge is -2.23. The molecule has 0 radical (unpaired) electrons. The fourth-order valence-electron chi connectivity index (χ4n) is 2.33. The third kappa shape index (κ3) is 5.57. The fraction of sp³-hybridized carbons (Fsp3) is 0.263. The Hall–Kier alpha value is -2.40. The molecular formula is C19H19ClFNO3. The SMILES string of the molecule is CCOC(=O)CCN(Cc1ccc(F)cc1)C(=O)c1ccccc1Cl. The van der Waals surface area contributed by atoms with Crippen LogP contribution in [0.2, 0.25) is 5.02 Å². The molecule has 2 aromatic rings. The number of amides is 1. The number of halogens is 2. The van der Waals surface area contributed by atoms with Gasteiger partial charge in [0, 0.05) is 13.1 Å². The molecule has 0 saturated heterocycles. The van der Waals surface area contributed by atoms with Crippen molar-refractivity contribution >= 4 is 23.5 Å². The molecule has 2 rings (SSSR count). The molecule has 2 aromatic carbocycles. The van der Waals surface area contributed by atoms with Crippen LogP contribution < -0.4 is 0 Å². The second-order valence-corrected chi connectivity index (χ2v) is 5.80. The Balaban J connectivity index is 2.18. The lowest BCUT2D eigenvalue weighted by Crippen LogP contribution is -2.33. The minimum absolute atomic E-state index is 0.0746. The van der Waals surface area contributed by atoms with Gasteiger partial charge in [-0.3, -0.25) is 9.59 Å². The number of benzene rings is 2. The number of hydrogen-bond donors (Lipinski definition) is 0. The first-order valence-corrected chi connectivity index (χ1v) is 8.33. The van der Waals surface area contributed by atoms with Gasteiger partial charge >= 0.3 is 5.97 Å². The van der Waals surface area contributed by atoms with Crippen LogP contribution in [0, 0.1) is 5.82 Å². The average molecular weight is 364 g/mol. The van der Waals surface area contributed by atoms with Crippen molar-refractivity contribution in [3.05, 3.63) is 70.5 Å². The molecule has 0 aliphatic carbocycles. The Morgan fingerprint density at radius 3 is 2.44 bits per heavy atom. The van der Waals surface area contributed by atoms with E-state index in [9.17, 15) is 14.0 Å². The maximum Gasteiger partial charge on any atom is 0.307 e. The second-order valence-electron chi connectivity index (χ2n) is 5.39. The monoisotopic (exact) mass is 363 g/mol. The van der Waals surface area contributed by atoms with Crippen molar-refractivity contribution < 1.29 is 18.7 Å². The number of hydrogen-bond acceptors (Lipinski definition) is 3. The van der Waals surface area contributed by atoms with Crippen LogP contribution in [0.1, 0.15) is 29.3 Å². The van der Waals surface area contributed by atoms with E-state index in [1.54, 1.807) is 43.3 Å². The minimum Gasteiger partial charge on any atom is -0.466 e. The minimum atomic E-state index is -0.376. The first kappa shape index (κ1) is 18.9. The first-order chi connectivity index (χ1) is 12.0. The second kappa shape index (κ2) is 9.18. The van der Waals surface area contributed by atoms with Crippen LogP contribution in [0.3, 0.4) is 0 Å². The van der Waals surface area contributed by atoms with Crippen molar-refractivity contribution in [3.8, 4) is 0 Å². The topological polar surface area (TPSA) is 46.6 Å². The summed E-state index contributed by atoms with van der Waals surface area (Å²) in [6.45, 7) is 2.43. The number of esters is 1. The predicted molar refractivity (Wildman–Crippen MR) is 93.8 cm³/mol. The maximum atomic E-state index is 13.1. The fourth-order valence-corrected chi connectivity index (χ4v) is 2.54. The summed E-state index contributed by atoms with van der Waals surface area (Å²) in [6.07, 6.45) is 0.0746. The zero-order valence-electron chi connectivity index (χ0n) is 13.9. The highest BCUT2D eigenvalue weighted by atomic mass is 35.5. The lowest BCUT2D eigenvalue weighted by atomic mass is 10.1. The first-order valence-electron chi connectivity index (χ1n) is 7.95. The summed E-state index contributed by atoms with van der Waals surface area (Å²) >= 11 is 6.11. The molecule has 0 fully saturated rings. The van der Waals surface area contributed by atoms with E-state index in [4.69, 9.17) is 16.3 Å². The van der Waals surface area contributed by atoms with E-state index in [1.165, 1.54) is 17.0 Å². The van der Waals surface area contributed by atoms with Gasteiger partial charge in [-0.2, -0.15) is 0 Å². The summed E-state index contributed by atoms with van der Waals surface area (Å²) in [6, 6.07) is 12.6. The molecule has 0 aliphatic heterocycles. The smallest absolute Gasteiger partial charge is 0.307 e. The van der Waals surface area contributed by atoms with Gasteiger partial charge < -0.3 is 9.64 Å². The quantitative estimate of drug-likeness (QED) is 0.696. The van der Waals surface area contributed by atoms with E-state index in [-0.39, 0.29) is 43.8 Å². The van der Waals surface area contributed by atoms with E-state index >= 15 is 0 Å². The molecule has 0 N–H and O–H groups in total. The molecule has 25 heavy (non-hydrogen) atoms. The van der Waals surface area contributed by atoms with Crippen molar-refractivity contribution in [2.45, 2.75) is 19.9 Å². The molecule has 0 unspecified atom stereocenters. The van der Waals surface area contributed by atoms with Crippen LogP contribution in [-0.4, -0.2) is 29.9 Å². The predicted octanol–water partition coefficient (Wildman–Crippen LogP) is 4.07. The van der Waals surface area contributed by atoms with Gasteiger partial charge in [-0.05, 0) is 36.8 Å². The molecular weight excluding hydrogens is 345 g/mol. The van der Waals surface area contributed by atoms with Crippen LogP contribution >= 0.6 is 11.6 Å². The molecule has 0 aromatic heterocycles. The summed E-state index contributed by atoms with van der Waals surface area (Å²) in [4.78, 5) is 26.0. The van der Waals surface area contributed by atoms with Crippen molar-refractivity contribution in [3.63, 3.8) is 0 Å². The van der Waals surface area contributed by atoms with Crippen LogP contribution in [0.25, 0.3) is 0 Å². The van der Waals surface area contributed by atoms with E-state index in [0.717, 1.165) is 5.56 Å². The molecule has 4 nitrogen and oxygen atoms in total. The van der Waals surface area contributed by atoms with Crippen molar-refractivity contribution in [1.29, 1.82) is 0 Å². The van der Waals surface area contributed by atoms with Gasteiger partial charge in [0.15, 0.2) is 0 Å². The highest BCUT2D eigenvalue weighted by Gasteiger charge is 2.19. The molecule has 0 aliphatic rings. The van der Waals surface area contributed by atoms with Crippen LogP contribution in [0.15, 0.2) is 48.5 Å². The standard InChI is InChI=1S/C19H19ClFNO3/c1-2-25-18(23)11-12-22(13-14-7-9-15(21)10-8-14)19(24)16-5-3-4-6-17(16)20/h3-10H,2,11-13H2,1H3. The molecule has 6 heteroatoms. The molecule has 0 heterocycles. The van der Waals surface area contributed by atoms with Crippen LogP contribution in [0.4, 0.5) is 4.39 Å². The van der Waals surface area contributed by atoms with Gasteiger partial charge in [-0.1, -0.05) is 35.9 Å². The van der Waals surface area contributed by atoms with Crippen molar-refractivity contribution in [2.75, 3.05) is 13.2 Å². The summed E-state index contributed by atoms with van der Waals surface area (Å²) in [5.41, 5.74) is 1.11. The van der Waals surface area contributed by atoms with Gasteiger partial charge in [0.1, 0.15) is 5.82 Å². The zero-order valence-corrected chi connectivity index (χ0v) is 14.6. The lowest BCUT2D eigenvalue weighted by molar-refractivity contribution is -0.143. The Kier molecular flexibility index (Phi) is 6.95. The molecule has 1 amide bonds. The number of carbonyl (C=O) groups excluding carboxylic acids is 2. The highest BCUT2D eigenvalue weighted by molar-refractivity contribution is 6.33. The third-order valence-corrected chi connectivity index (χ3v) is 3.90. The van der Waals surface area contributed by atoms with Gasteiger partial charge in [0.2, 0.25) is 0 Å². The Labute approximate surface area is 151 Å². The number of ether oxygens (including phenoxy) is 1. The molecule has 132 valence electrons. The van der Waals surface area contributed by atoms with E-state index in [2.05, 4.69) is 0 Å². The summed E-state index contributed by atoms with van der Waals surface area (Å²) in [7, 11) is 0. The summed E-state index contributed by atoms with van der Waals surface area (Å²) in [5, 5.41) is 0.341. The van der Waals surface area contributed by atoms with Crippen molar-refractivity contribution in [1.82, 2.24) is 4.90 Å². The maximum absolute atomic E-state index is 13.1. The number of nitrogens with zero attached hydrogens (tertiary/aromatic N) is 1. The zero-order chi connectivity index (χ0) is 18.2. The van der Waals surface area contributed by atoms with E-state index < -0.39 is 0 Å². The third-order valence-electron chi connectivity index (χ3n) is 3.57. The highest BCUT2D eigenvalue weighted by Crippen LogP contribution is 2.19. The molecule has 0 saturated carbocycles. The Morgan fingerprint density at radius 2 is 1.80 bits per heavy atom.